The molecule has 0 saturated carbocycles. The van der Waals surface area contributed by atoms with E-state index in [4.69, 9.17) is 9.47 Å². The molecule has 7 nitrogen and oxygen atoms in total. The van der Waals surface area contributed by atoms with Crippen molar-refractivity contribution in [2.24, 2.45) is 0 Å². The maximum absolute atomic E-state index is 11.6. The van der Waals surface area contributed by atoms with Gasteiger partial charge >= 0.3 is 12.1 Å². The highest BCUT2D eigenvalue weighted by Gasteiger charge is 2.16. The van der Waals surface area contributed by atoms with Gasteiger partial charge in [-0.25, -0.2) is 4.79 Å². The van der Waals surface area contributed by atoms with Crippen LogP contribution < -0.4 is 10.6 Å². The summed E-state index contributed by atoms with van der Waals surface area (Å²) in [5.41, 5.74) is 0.799. The summed E-state index contributed by atoms with van der Waals surface area (Å²) >= 11 is 0. The Morgan fingerprint density at radius 3 is 2.52 bits per heavy atom. The number of rotatable bonds is 8. The van der Waals surface area contributed by atoms with Crippen LogP contribution in [0.15, 0.2) is 11.6 Å². The van der Waals surface area contributed by atoms with Crippen molar-refractivity contribution in [1.29, 1.82) is 0 Å². The fourth-order valence-corrected chi connectivity index (χ4v) is 2.34. The van der Waals surface area contributed by atoms with Gasteiger partial charge < -0.3 is 20.1 Å². The van der Waals surface area contributed by atoms with E-state index >= 15 is 0 Å². The summed E-state index contributed by atoms with van der Waals surface area (Å²) in [6.45, 7) is 5.62. The number of esters is 1. The second-order valence-electron chi connectivity index (χ2n) is 7.05. The standard InChI is InChI=1S/C18H30N2O5/c1-18(2,3)25-17(23)20-12-10-16(22)24-13-15(21)19-11-9-14-7-5-4-6-8-14/h7H,4-6,8-13H2,1-3H3,(H,19,21)(H,20,23). The maximum Gasteiger partial charge on any atom is 0.407 e. The molecule has 0 aromatic rings. The summed E-state index contributed by atoms with van der Waals surface area (Å²) in [5, 5.41) is 5.20. The molecule has 0 aliphatic heterocycles. The predicted octanol–water partition coefficient (Wildman–Crippen LogP) is 2.45. The molecule has 1 rings (SSSR count). The van der Waals surface area contributed by atoms with Gasteiger partial charge in [0.15, 0.2) is 6.61 Å². The van der Waals surface area contributed by atoms with E-state index in [1.165, 1.54) is 18.4 Å². The molecule has 0 saturated heterocycles. The molecule has 0 aromatic carbocycles. The monoisotopic (exact) mass is 354 g/mol. The molecule has 0 fully saturated rings. The highest BCUT2D eigenvalue weighted by molar-refractivity contribution is 5.80. The van der Waals surface area contributed by atoms with Crippen LogP contribution in [0.3, 0.4) is 0 Å². The Bertz CT molecular complexity index is 494. The van der Waals surface area contributed by atoms with E-state index in [1.807, 2.05) is 0 Å². The number of alkyl carbamates (subject to hydrolysis) is 1. The lowest BCUT2D eigenvalue weighted by atomic mass is 9.97. The summed E-state index contributed by atoms with van der Waals surface area (Å²) in [6.07, 6.45) is 7.18. The molecule has 7 heteroatoms. The van der Waals surface area contributed by atoms with Gasteiger partial charge in [0.2, 0.25) is 0 Å². The minimum absolute atomic E-state index is 0.0145. The van der Waals surface area contributed by atoms with Crippen LogP contribution in [0.25, 0.3) is 0 Å². The number of nitrogens with one attached hydrogen (secondary N) is 2. The van der Waals surface area contributed by atoms with E-state index in [1.54, 1.807) is 20.8 Å². The molecular formula is C18H30N2O5. The number of hydrogen-bond donors (Lipinski definition) is 2. The van der Waals surface area contributed by atoms with Crippen molar-refractivity contribution in [2.75, 3.05) is 19.7 Å². The van der Waals surface area contributed by atoms with Crippen LogP contribution in [0.4, 0.5) is 4.79 Å². The van der Waals surface area contributed by atoms with E-state index in [0.29, 0.717) is 6.54 Å². The van der Waals surface area contributed by atoms with Gasteiger partial charge in [0.25, 0.3) is 5.91 Å². The van der Waals surface area contributed by atoms with Crippen molar-refractivity contribution in [1.82, 2.24) is 10.6 Å². The summed E-state index contributed by atoms with van der Waals surface area (Å²) in [7, 11) is 0. The zero-order valence-electron chi connectivity index (χ0n) is 15.5. The van der Waals surface area contributed by atoms with E-state index < -0.39 is 17.7 Å². The maximum atomic E-state index is 11.6. The first-order chi connectivity index (χ1) is 11.8. The molecular weight excluding hydrogens is 324 g/mol. The number of amides is 2. The largest absolute Gasteiger partial charge is 0.456 e. The van der Waals surface area contributed by atoms with E-state index in [2.05, 4.69) is 16.7 Å². The Morgan fingerprint density at radius 2 is 1.88 bits per heavy atom. The van der Waals surface area contributed by atoms with Gasteiger partial charge in [0, 0.05) is 13.1 Å². The zero-order chi connectivity index (χ0) is 18.7. The van der Waals surface area contributed by atoms with Crippen LogP contribution in [-0.2, 0) is 19.1 Å². The first-order valence-electron chi connectivity index (χ1n) is 8.83. The fraction of sp³-hybridized carbons (Fsp3) is 0.722. The van der Waals surface area contributed by atoms with Gasteiger partial charge in [0.1, 0.15) is 5.60 Å². The predicted molar refractivity (Wildman–Crippen MR) is 94.0 cm³/mol. The smallest absolute Gasteiger partial charge is 0.407 e. The summed E-state index contributed by atoms with van der Waals surface area (Å²) in [6, 6.07) is 0. The Kier molecular flexibility index (Phi) is 9.02. The molecule has 0 spiro atoms. The molecule has 2 N–H and O–H groups in total. The van der Waals surface area contributed by atoms with Crippen molar-refractivity contribution in [3.05, 3.63) is 11.6 Å². The van der Waals surface area contributed by atoms with E-state index in [9.17, 15) is 14.4 Å². The molecule has 1 aliphatic rings. The lowest BCUT2D eigenvalue weighted by Gasteiger charge is -2.19. The summed E-state index contributed by atoms with van der Waals surface area (Å²) < 4.78 is 9.91. The van der Waals surface area contributed by atoms with Gasteiger partial charge in [-0.1, -0.05) is 11.6 Å². The van der Waals surface area contributed by atoms with Crippen molar-refractivity contribution in [3.63, 3.8) is 0 Å². The molecule has 142 valence electrons. The molecule has 0 unspecified atom stereocenters. The first-order valence-corrected chi connectivity index (χ1v) is 8.83. The normalized spacial score (nSPS) is 14.3. The van der Waals surface area contributed by atoms with Gasteiger partial charge in [-0.3, -0.25) is 9.59 Å². The van der Waals surface area contributed by atoms with E-state index in [-0.39, 0.29) is 25.5 Å². The highest BCUT2D eigenvalue weighted by atomic mass is 16.6. The molecule has 1 aliphatic carbocycles. The molecule has 0 bridgehead atoms. The van der Waals surface area contributed by atoms with Crippen molar-refractivity contribution in [2.45, 2.75) is 64.9 Å². The second kappa shape index (κ2) is 10.7. The molecule has 0 atom stereocenters. The second-order valence-corrected chi connectivity index (χ2v) is 7.05. The van der Waals surface area contributed by atoms with Gasteiger partial charge in [-0.15, -0.1) is 0 Å². The van der Waals surface area contributed by atoms with Crippen LogP contribution in [0.2, 0.25) is 0 Å². The van der Waals surface area contributed by atoms with Crippen LogP contribution in [-0.4, -0.2) is 43.3 Å². The molecule has 25 heavy (non-hydrogen) atoms. The van der Waals surface area contributed by atoms with Gasteiger partial charge in [0.05, 0.1) is 6.42 Å². The molecule has 0 radical (unpaired) electrons. The number of ether oxygens (including phenoxy) is 2. The molecule has 0 aromatic heterocycles. The number of carbonyl (C=O) groups is 3. The summed E-state index contributed by atoms with van der Waals surface area (Å²) in [5.74, 6) is -0.856. The van der Waals surface area contributed by atoms with Crippen molar-refractivity contribution >= 4 is 18.0 Å². The third-order valence-electron chi connectivity index (χ3n) is 3.51. The van der Waals surface area contributed by atoms with Crippen LogP contribution in [0.5, 0.6) is 0 Å². The van der Waals surface area contributed by atoms with E-state index in [0.717, 1.165) is 19.3 Å². The van der Waals surface area contributed by atoms with Crippen LogP contribution in [0, 0.1) is 0 Å². The van der Waals surface area contributed by atoms with Crippen molar-refractivity contribution in [3.8, 4) is 0 Å². The Hall–Kier alpha value is -2.05. The number of allylic oxidation sites excluding steroid dienone is 1. The number of hydrogen-bond acceptors (Lipinski definition) is 5. The van der Waals surface area contributed by atoms with Crippen LogP contribution >= 0.6 is 0 Å². The van der Waals surface area contributed by atoms with Gasteiger partial charge in [-0.05, 0) is 52.9 Å². The fourth-order valence-electron chi connectivity index (χ4n) is 2.34. The number of carbonyl (C=O) groups excluding carboxylic acids is 3. The topological polar surface area (TPSA) is 93.7 Å². The quantitative estimate of drug-likeness (QED) is 0.516. The Morgan fingerprint density at radius 1 is 1.12 bits per heavy atom. The lowest BCUT2D eigenvalue weighted by molar-refractivity contribution is -0.148. The summed E-state index contributed by atoms with van der Waals surface area (Å²) in [4.78, 5) is 34.6. The molecule has 2 amide bonds. The molecule has 0 heterocycles. The SMILES string of the molecule is CC(C)(C)OC(=O)NCCC(=O)OCC(=O)NCCC1=CCCCC1. The third kappa shape index (κ3) is 11.2. The van der Waals surface area contributed by atoms with Crippen molar-refractivity contribution < 1.29 is 23.9 Å². The minimum atomic E-state index is -0.588. The Labute approximate surface area is 149 Å². The zero-order valence-corrected chi connectivity index (χ0v) is 15.5. The van der Waals surface area contributed by atoms with Crippen LogP contribution in [0.1, 0.15) is 59.3 Å². The minimum Gasteiger partial charge on any atom is -0.456 e. The van der Waals surface area contributed by atoms with Gasteiger partial charge in [-0.2, -0.15) is 0 Å². The Balaban J connectivity index is 2.05. The average molecular weight is 354 g/mol. The average Bonchev–Trinajstić information content (AvgIpc) is 2.52. The first kappa shape index (κ1) is 21.0. The lowest BCUT2D eigenvalue weighted by Crippen LogP contribution is -2.34. The third-order valence-corrected chi connectivity index (χ3v) is 3.51. The highest BCUT2D eigenvalue weighted by Crippen LogP contribution is 2.19.